The Morgan fingerprint density at radius 1 is 1.21 bits per heavy atom. The molecule has 5 heteroatoms. The Morgan fingerprint density at radius 2 is 1.92 bits per heavy atom. The molecule has 1 fully saturated rings. The topological polar surface area (TPSA) is 66.8 Å². The molecule has 0 spiro atoms. The summed E-state index contributed by atoms with van der Waals surface area (Å²) in [5, 5.41) is 9.21. The van der Waals surface area contributed by atoms with Gasteiger partial charge in [0.05, 0.1) is 12.5 Å². The number of likely N-dealkylation sites (tertiary alicyclic amines) is 1. The predicted molar refractivity (Wildman–Crippen MR) is 92.1 cm³/mol. The van der Waals surface area contributed by atoms with Crippen molar-refractivity contribution in [3.05, 3.63) is 29.8 Å². The number of aryl methyl sites for hydroxylation is 1. The number of carboxylic acids is 1. The molecule has 0 bridgehead atoms. The highest BCUT2D eigenvalue weighted by molar-refractivity contribution is 5.80. The summed E-state index contributed by atoms with van der Waals surface area (Å²) in [5.74, 6) is 0.144. The van der Waals surface area contributed by atoms with Gasteiger partial charge in [0.1, 0.15) is 5.75 Å². The normalized spacial score (nSPS) is 20.2. The first-order valence-corrected chi connectivity index (χ1v) is 8.59. The lowest BCUT2D eigenvalue weighted by atomic mass is 9.90. The number of amides is 1. The van der Waals surface area contributed by atoms with E-state index in [2.05, 4.69) is 12.1 Å². The highest BCUT2D eigenvalue weighted by atomic mass is 16.5. The molecule has 1 aromatic carbocycles. The Labute approximate surface area is 143 Å². The zero-order valence-electron chi connectivity index (χ0n) is 14.6. The number of carboxylic acid groups (broad SMARTS) is 1. The van der Waals surface area contributed by atoms with Crippen LogP contribution in [-0.2, 0) is 16.0 Å². The number of aliphatic carboxylic acids is 1. The molecule has 132 valence electrons. The van der Waals surface area contributed by atoms with E-state index in [1.807, 2.05) is 12.1 Å². The van der Waals surface area contributed by atoms with Crippen molar-refractivity contribution in [3.63, 3.8) is 0 Å². The van der Waals surface area contributed by atoms with Crippen molar-refractivity contribution in [2.24, 2.45) is 5.41 Å². The fourth-order valence-electron chi connectivity index (χ4n) is 3.08. The van der Waals surface area contributed by atoms with Gasteiger partial charge in [-0.15, -0.1) is 0 Å². The van der Waals surface area contributed by atoms with Gasteiger partial charge in [0.15, 0.2) is 0 Å². The molecule has 1 amide bonds. The first-order valence-electron chi connectivity index (χ1n) is 8.59. The van der Waals surface area contributed by atoms with E-state index in [0.717, 1.165) is 31.4 Å². The van der Waals surface area contributed by atoms with Gasteiger partial charge in [-0.05, 0) is 50.3 Å². The fraction of sp³-hybridized carbons (Fsp3) is 0.579. The fourth-order valence-corrected chi connectivity index (χ4v) is 3.08. The molecule has 5 nitrogen and oxygen atoms in total. The minimum Gasteiger partial charge on any atom is -0.497 e. The zero-order chi connectivity index (χ0) is 17.6. The smallest absolute Gasteiger partial charge is 0.311 e. The molecule has 1 heterocycles. The number of carbonyl (C=O) groups excluding carboxylic acids is 1. The average Bonchev–Trinajstić information content (AvgIpc) is 2.99. The van der Waals surface area contributed by atoms with E-state index in [0.29, 0.717) is 25.9 Å². The van der Waals surface area contributed by atoms with E-state index in [9.17, 15) is 14.7 Å². The molecule has 2 rings (SSSR count). The van der Waals surface area contributed by atoms with Gasteiger partial charge >= 0.3 is 5.97 Å². The summed E-state index contributed by atoms with van der Waals surface area (Å²) in [6, 6.07) is 8.07. The van der Waals surface area contributed by atoms with E-state index in [1.54, 1.807) is 18.9 Å². The maximum Gasteiger partial charge on any atom is 0.311 e. The van der Waals surface area contributed by atoms with Crippen LogP contribution in [0.5, 0.6) is 5.75 Å². The van der Waals surface area contributed by atoms with Crippen LogP contribution in [0.3, 0.4) is 0 Å². The lowest BCUT2D eigenvalue weighted by molar-refractivity contribution is -0.147. The van der Waals surface area contributed by atoms with Crippen molar-refractivity contribution in [2.75, 3.05) is 20.2 Å². The largest absolute Gasteiger partial charge is 0.497 e. The van der Waals surface area contributed by atoms with Crippen molar-refractivity contribution in [1.82, 2.24) is 4.90 Å². The summed E-state index contributed by atoms with van der Waals surface area (Å²) in [5.41, 5.74) is 0.503. The van der Waals surface area contributed by atoms with E-state index < -0.39 is 11.4 Å². The van der Waals surface area contributed by atoms with Crippen molar-refractivity contribution in [3.8, 4) is 5.75 Å². The summed E-state index contributed by atoms with van der Waals surface area (Å²) >= 11 is 0. The molecule has 1 aliphatic rings. The van der Waals surface area contributed by atoms with Gasteiger partial charge in [-0.3, -0.25) is 9.59 Å². The second-order valence-corrected chi connectivity index (χ2v) is 6.84. The van der Waals surface area contributed by atoms with Crippen LogP contribution in [0.25, 0.3) is 0 Å². The van der Waals surface area contributed by atoms with Crippen LogP contribution in [0.2, 0.25) is 0 Å². The third kappa shape index (κ3) is 4.73. The van der Waals surface area contributed by atoms with Crippen LogP contribution in [0.15, 0.2) is 24.3 Å². The molecule has 1 atom stereocenters. The lowest BCUT2D eigenvalue weighted by Gasteiger charge is -2.20. The molecule has 24 heavy (non-hydrogen) atoms. The summed E-state index contributed by atoms with van der Waals surface area (Å²) in [4.78, 5) is 25.1. The highest BCUT2D eigenvalue weighted by Gasteiger charge is 2.41. The van der Waals surface area contributed by atoms with Gasteiger partial charge < -0.3 is 14.7 Å². The molecular weight excluding hydrogens is 306 g/mol. The lowest BCUT2D eigenvalue weighted by Crippen LogP contribution is -2.34. The number of methoxy groups -OCH3 is 1. The van der Waals surface area contributed by atoms with Crippen molar-refractivity contribution < 1.29 is 19.4 Å². The summed E-state index contributed by atoms with van der Waals surface area (Å²) in [6.07, 6.45) is 4.96. The second kappa shape index (κ2) is 8.18. The molecule has 0 aromatic heterocycles. The average molecular weight is 333 g/mol. The number of hydrogen-bond donors (Lipinski definition) is 1. The molecule has 1 aliphatic heterocycles. The second-order valence-electron chi connectivity index (χ2n) is 6.84. The minimum absolute atomic E-state index is 0.0874. The van der Waals surface area contributed by atoms with Gasteiger partial charge in [0.25, 0.3) is 0 Å². The Bertz CT molecular complexity index is 569. The Hall–Kier alpha value is -2.04. The molecular formula is C19H27NO4. The highest BCUT2D eigenvalue weighted by Crippen LogP contribution is 2.30. The van der Waals surface area contributed by atoms with Crippen molar-refractivity contribution in [1.29, 1.82) is 0 Å². The zero-order valence-corrected chi connectivity index (χ0v) is 14.6. The third-order valence-electron chi connectivity index (χ3n) is 4.86. The predicted octanol–water partition coefficient (Wildman–Crippen LogP) is 3.12. The Morgan fingerprint density at radius 3 is 2.50 bits per heavy atom. The van der Waals surface area contributed by atoms with Crippen LogP contribution in [-0.4, -0.2) is 42.1 Å². The number of carbonyl (C=O) groups is 2. The van der Waals surface area contributed by atoms with Gasteiger partial charge in [-0.1, -0.05) is 18.6 Å². The summed E-state index contributed by atoms with van der Waals surface area (Å²) in [6.45, 7) is 2.62. The number of rotatable bonds is 8. The summed E-state index contributed by atoms with van der Waals surface area (Å²) in [7, 11) is 1.66. The van der Waals surface area contributed by atoms with Crippen molar-refractivity contribution >= 4 is 11.9 Å². The SMILES string of the molecule is COc1ccc(CCCCCC(=O)N2CCC(C)(C(=O)O)C2)cc1. The monoisotopic (exact) mass is 333 g/mol. The van der Waals surface area contributed by atoms with E-state index in [-0.39, 0.29) is 5.91 Å². The maximum absolute atomic E-state index is 12.2. The van der Waals surface area contributed by atoms with Crippen LogP contribution in [0.1, 0.15) is 44.6 Å². The molecule has 0 radical (unpaired) electrons. The first-order chi connectivity index (χ1) is 11.4. The minimum atomic E-state index is -0.808. The number of ether oxygens (including phenoxy) is 1. The van der Waals surface area contributed by atoms with E-state index in [4.69, 9.17) is 4.74 Å². The first kappa shape index (κ1) is 18.3. The number of unbranched alkanes of at least 4 members (excludes halogenated alkanes) is 2. The molecule has 0 saturated carbocycles. The summed E-state index contributed by atoms with van der Waals surface area (Å²) < 4.78 is 5.14. The Balaban J connectivity index is 1.63. The molecule has 1 aromatic rings. The maximum atomic E-state index is 12.2. The quantitative estimate of drug-likeness (QED) is 0.742. The van der Waals surface area contributed by atoms with Gasteiger partial charge in [0, 0.05) is 19.5 Å². The van der Waals surface area contributed by atoms with E-state index >= 15 is 0 Å². The third-order valence-corrected chi connectivity index (χ3v) is 4.86. The van der Waals surface area contributed by atoms with Crippen LogP contribution < -0.4 is 4.74 Å². The molecule has 0 aliphatic carbocycles. The molecule has 1 N–H and O–H groups in total. The standard InChI is InChI=1S/C19H27NO4/c1-19(18(22)23)12-13-20(14-19)17(21)7-5-3-4-6-15-8-10-16(24-2)11-9-15/h8-11H,3-7,12-14H2,1-2H3,(H,22,23). The number of benzene rings is 1. The number of nitrogens with zero attached hydrogens (tertiary/aromatic N) is 1. The molecule has 1 saturated heterocycles. The van der Waals surface area contributed by atoms with Crippen molar-refractivity contribution in [2.45, 2.75) is 45.4 Å². The van der Waals surface area contributed by atoms with Crippen LogP contribution >= 0.6 is 0 Å². The van der Waals surface area contributed by atoms with Crippen LogP contribution in [0, 0.1) is 5.41 Å². The Kier molecular flexibility index (Phi) is 6.23. The van der Waals surface area contributed by atoms with Gasteiger partial charge in [-0.25, -0.2) is 0 Å². The van der Waals surface area contributed by atoms with Crippen LogP contribution in [0.4, 0.5) is 0 Å². The molecule has 1 unspecified atom stereocenters. The van der Waals surface area contributed by atoms with Gasteiger partial charge in [-0.2, -0.15) is 0 Å². The van der Waals surface area contributed by atoms with E-state index in [1.165, 1.54) is 5.56 Å². The number of hydrogen-bond acceptors (Lipinski definition) is 3. The van der Waals surface area contributed by atoms with Gasteiger partial charge in [0.2, 0.25) is 5.91 Å².